The van der Waals surface area contributed by atoms with Crippen molar-refractivity contribution in [1.29, 1.82) is 0 Å². The summed E-state index contributed by atoms with van der Waals surface area (Å²) < 4.78 is 25.2. The first-order valence-electron chi connectivity index (χ1n) is 4.82. The van der Waals surface area contributed by atoms with Gasteiger partial charge in [-0.15, -0.1) is 11.3 Å². The van der Waals surface area contributed by atoms with Crippen LogP contribution in [0.2, 0.25) is 0 Å². The molecule has 1 heterocycles. The zero-order chi connectivity index (χ0) is 12.2. The van der Waals surface area contributed by atoms with Gasteiger partial charge in [0.2, 0.25) is 10.0 Å². The van der Waals surface area contributed by atoms with E-state index in [9.17, 15) is 8.42 Å². The van der Waals surface area contributed by atoms with Crippen molar-refractivity contribution in [2.24, 2.45) is 0 Å². The Hall–Kier alpha value is 0.0500. The van der Waals surface area contributed by atoms with Crippen LogP contribution in [0, 0.1) is 0 Å². The van der Waals surface area contributed by atoms with Gasteiger partial charge < -0.3 is 5.32 Å². The number of thiophene rings is 1. The van der Waals surface area contributed by atoms with E-state index in [0.717, 1.165) is 10.0 Å². The van der Waals surface area contributed by atoms with Crippen LogP contribution >= 0.6 is 27.3 Å². The van der Waals surface area contributed by atoms with Gasteiger partial charge in [0, 0.05) is 24.0 Å². The second-order valence-corrected chi connectivity index (χ2v) is 7.81. The second kappa shape index (κ2) is 6.11. The maximum Gasteiger partial charge on any atom is 0.208 e. The molecule has 2 N–H and O–H groups in total. The Kier molecular flexibility index (Phi) is 5.39. The molecule has 0 fully saturated rings. The lowest BCUT2D eigenvalue weighted by atomic mass is 10.3. The third kappa shape index (κ3) is 5.40. The van der Waals surface area contributed by atoms with Gasteiger partial charge in [-0.2, -0.15) is 0 Å². The molecule has 7 heteroatoms. The van der Waals surface area contributed by atoms with E-state index in [4.69, 9.17) is 0 Å². The van der Waals surface area contributed by atoms with Crippen LogP contribution in [0.1, 0.15) is 17.8 Å². The highest BCUT2D eigenvalue weighted by Gasteiger charge is 2.07. The second-order valence-electron chi connectivity index (χ2n) is 3.48. The third-order valence-corrected chi connectivity index (χ3v) is 4.50. The summed E-state index contributed by atoms with van der Waals surface area (Å²) >= 11 is 5.08. The molecule has 0 radical (unpaired) electrons. The first-order valence-corrected chi connectivity index (χ1v) is 8.32. The van der Waals surface area contributed by atoms with Crippen molar-refractivity contribution in [3.63, 3.8) is 0 Å². The van der Waals surface area contributed by atoms with Gasteiger partial charge in [-0.05, 0) is 35.0 Å². The molecule has 4 nitrogen and oxygen atoms in total. The van der Waals surface area contributed by atoms with Crippen LogP contribution < -0.4 is 10.0 Å². The molecule has 0 aliphatic heterocycles. The maximum absolute atomic E-state index is 10.8. The van der Waals surface area contributed by atoms with E-state index in [2.05, 4.69) is 39.0 Å². The minimum absolute atomic E-state index is 0.234. The molecule has 0 aliphatic rings. The summed E-state index contributed by atoms with van der Waals surface area (Å²) in [6.45, 7) is 3.08. The molecule has 0 bridgehead atoms. The highest BCUT2D eigenvalue weighted by molar-refractivity contribution is 9.11. The van der Waals surface area contributed by atoms with E-state index in [1.54, 1.807) is 11.3 Å². The Labute approximate surface area is 109 Å². The van der Waals surface area contributed by atoms with Gasteiger partial charge in [-0.25, -0.2) is 13.1 Å². The van der Waals surface area contributed by atoms with Gasteiger partial charge in [-0.3, -0.25) is 0 Å². The molecule has 0 spiro atoms. The fourth-order valence-corrected chi connectivity index (χ4v) is 3.11. The molecule has 1 rings (SSSR count). The van der Waals surface area contributed by atoms with Gasteiger partial charge in [0.15, 0.2) is 0 Å². The number of halogens is 1. The largest absolute Gasteiger partial charge is 0.308 e. The fourth-order valence-electron chi connectivity index (χ4n) is 1.19. The number of rotatable bonds is 6. The van der Waals surface area contributed by atoms with Crippen molar-refractivity contribution in [1.82, 2.24) is 10.0 Å². The number of hydrogen-bond acceptors (Lipinski definition) is 4. The molecule has 0 aromatic carbocycles. The van der Waals surface area contributed by atoms with E-state index in [-0.39, 0.29) is 6.04 Å². The molecule has 0 saturated heterocycles. The topological polar surface area (TPSA) is 58.2 Å². The van der Waals surface area contributed by atoms with Crippen molar-refractivity contribution < 1.29 is 8.42 Å². The van der Waals surface area contributed by atoms with Crippen molar-refractivity contribution in [2.75, 3.05) is 19.3 Å². The molecule has 92 valence electrons. The molecule has 0 amide bonds. The lowest BCUT2D eigenvalue weighted by molar-refractivity contribution is 0.560. The molecular formula is C9H15BrN2O2S2. The highest BCUT2D eigenvalue weighted by atomic mass is 79.9. The van der Waals surface area contributed by atoms with Gasteiger partial charge in [0.25, 0.3) is 0 Å². The normalized spacial score (nSPS) is 13.9. The lowest BCUT2D eigenvalue weighted by Crippen LogP contribution is -2.32. The van der Waals surface area contributed by atoms with Gasteiger partial charge >= 0.3 is 0 Å². The molecule has 0 saturated carbocycles. The molecule has 0 aliphatic carbocycles. The van der Waals surface area contributed by atoms with Crippen LogP contribution in [0.3, 0.4) is 0 Å². The van der Waals surface area contributed by atoms with Crippen molar-refractivity contribution >= 4 is 37.3 Å². The molecule has 1 unspecified atom stereocenters. The molecular weight excluding hydrogens is 312 g/mol. The average Bonchev–Trinajstić information content (AvgIpc) is 2.57. The standard InChI is InChI=1S/C9H15BrN2O2S2/c1-7(8-3-4-9(10)15-8)11-5-6-12-16(2,13)14/h3-4,7,11-12H,5-6H2,1-2H3. The maximum atomic E-state index is 10.8. The fraction of sp³-hybridized carbons (Fsp3) is 0.556. The first kappa shape index (κ1) is 14.1. The first-order chi connectivity index (χ1) is 7.38. The minimum atomic E-state index is -3.08. The lowest BCUT2D eigenvalue weighted by Gasteiger charge is -2.11. The van der Waals surface area contributed by atoms with Crippen LogP contribution in [0.4, 0.5) is 0 Å². The summed E-state index contributed by atoms with van der Waals surface area (Å²) in [5, 5.41) is 3.25. The van der Waals surface area contributed by atoms with E-state index in [1.165, 1.54) is 4.88 Å². The van der Waals surface area contributed by atoms with Crippen molar-refractivity contribution in [3.8, 4) is 0 Å². The zero-order valence-corrected chi connectivity index (χ0v) is 12.4. The quantitative estimate of drug-likeness (QED) is 0.782. The summed E-state index contributed by atoms with van der Waals surface area (Å²) in [7, 11) is -3.08. The smallest absolute Gasteiger partial charge is 0.208 e. The average molecular weight is 327 g/mol. The van der Waals surface area contributed by atoms with Crippen molar-refractivity contribution in [2.45, 2.75) is 13.0 Å². The predicted octanol–water partition coefficient (Wildman–Crippen LogP) is 1.71. The van der Waals surface area contributed by atoms with Crippen LogP contribution in [-0.2, 0) is 10.0 Å². The molecule has 1 aromatic heterocycles. The van der Waals surface area contributed by atoms with E-state index in [0.29, 0.717) is 13.1 Å². The van der Waals surface area contributed by atoms with E-state index >= 15 is 0 Å². The minimum Gasteiger partial charge on any atom is -0.308 e. The summed E-state index contributed by atoms with van der Waals surface area (Å²) in [5.74, 6) is 0. The molecule has 1 atom stereocenters. The highest BCUT2D eigenvalue weighted by Crippen LogP contribution is 2.26. The number of nitrogens with one attached hydrogen (secondary N) is 2. The van der Waals surface area contributed by atoms with Crippen molar-refractivity contribution in [3.05, 3.63) is 20.8 Å². The van der Waals surface area contributed by atoms with E-state index in [1.807, 2.05) is 6.07 Å². The van der Waals surface area contributed by atoms with Gasteiger partial charge in [0.05, 0.1) is 10.0 Å². The number of sulfonamides is 1. The van der Waals surface area contributed by atoms with Crippen LogP contribution in [0.15, 0.2) is 15.9 Å². The summed E-state index contributed by atoms with van der Waals surface area (Å²) in [6, 6.07) is 4.29. The monoisotopic (exact) mass is 326 g/mol. The number of hydrogen-bond donors (Lipinski definition) is 2. The summed E-state index contributed by atoms with van der Waals surface area (Å²) in [6.07, 6.45) is 1.16. The van der Waals surface area contributed by atoms with E-state index < -0.39 is 10.0 Å². The van der Waals surface area contributed by atoms with Crippen LogP contribution in [0.25, 0.3) is 0 Å². The van der Waals surface area contributed by atoms with Gasteiger partial charge in [-0.1, -0.05) is 0 Å². The van der Waals surface area contributed by atoms with Gasteiger partial charge in [0.1, 0.15) is 0 Å². The molecule has 1 aromatic rings. The summed E-state index contributed by atoms with van der Waals surface area (Å²) in [5.41, 5.74) is 0. The Balaban J connectivity index is 2.28. The summed E-state index contributed by atoms with van der Waals surface area (Å²) in [4.78, 5) is 1.23. The SMILES string of the molecule is CC(NCCNS(C)(=O)=O)c1ccc(Br)s1. The Morgan fingerprint density at radius 3 is 2.62 bits per heavy atom. The Bertz CT molecular complexity index is 430. The zero-order valence-electron chi connectivity index (χ0n) is 9.16. The van der Waals surface area contributed by atoms with Crippen LogP contribution in [-0.4, -0.2) is 27.8 Å². The molecule has 16 heavy (non-hydrogen) atoms. The predicted molar refractivity (Wildman–Crippen MR) is 71.3 cm³/mol. The Morgan fingerprint density at radius 2 is 2.12 bits per heavy atom. The third-order valence-electron chi connectivity index (χ3n) is 1.96. The van der Waals surface area contributed by atoms with Crippen LogP contribution in [0.5, 0.6) is 0 Å². The Morgan fingerprint density at radius 1 is 1.44 bits per heavy atom.